The van der Waals surface area contributed by atoms with Crippen molar-refractivity contribution in [2.24, 2.45) is 5.73 Å². The average Bonchev–Trinajstić information content (AvgIpc) is 2.37. The fraction of sp³-hybridized carbons (Fsp3) is 0.286. The molecule has 2 rings (SSSR count). The molecule has 1 aromatic carbocycles. The van der Waals surface area contributed by atoms with Crippen molar-refractivity contribution in [3.05, 3.63) is 36.0 Å². The fourth-order valence-corrected chi connectivity index (χ4v) is 3.56. The summed E-state index contributed by atoms with van der Waals surface area (Å²) in [6.45, 7) is 4.96. The average molecular weight is 306 g/mol. The van der Waals surface area contributed by atoms with Gasteiger partial charge in [-0.2, -0.15) is 4.72 Å². The Bertz CT molecular complexity index is 813. The highest BCUT2D eigenvalue weighted by Crippen LogP contribution is 2.25. The van der Waals surface area contributed by atoms with Crippen LogP contribution in [0.5, 0.6) is 0 Å². The fourth-order valence-electron chi connectivity index (χ4n) is 1.97. The predicted molar refractivity (Wildman–Crippen MR) is 82.8 cm³/mol. The van der Waals surface area contributed by atoms with Crippen molar-refractivity contribution in [1.29, 1.82) is 5.41 Å². The minimum absolute atomic E-state index is 0.130. The molecule has 0 fully saturated rings. The molecule has 0 radical (unpaired) electrons. The molecule has 7 heteroatoms. The Balaban J connectivity index is 2.62. The summed E-state index contributed by atoms with van der Waals surface area (Å²) in [4.78, 5) is 4.36. The number of nitrogens with two attached hydrogens (primary N) is 1. The minimum Gasteiger partial charge on any atom is -0.386 e. The first-order valence-electron chi connectivity index (χ1n) is 6.38. The van der Waals surface area contributed by atoms with Gasteiger partial charge in [-0.15, -0.1) is 0 Å². The molecular weight excluding hydrogens is 288 g/mol. The van der Waals surface area contributed by atoms with Crippen LogP contribution in [0.2, 0.25) is 0 Å². The standard InChI is InChI=1S/C14H18N4O2S/c1-9-6-7-11(10-5-4-8-17-12(9)10)21(19,20)18-14(2,3)13(15)16/h4-8,18H,1-3H3,(H3,15,16). The maximum absolute atomic E-state index is 12.6. The van der Waals surface area contributed by atoms with E-state index in [1.54, 1.807) is 38.2 Å². The van der Waals surface area contributed by atoms with E-state index in [4.69, 9.17) is 11.1 Å². The van der Waals surface area contributed by atoms with Gasteiger partial charge >= 0.3 is 0 Å². The number of nitrogens with zero attached hydrogens (tertiary/aromatic N) is 1. The first-order valence-corrected chi connectivity index (χ1v) is 7.86. The van der Waals surface area contributed by atoms with Gasteiger partial charge < -0.3 is 5.73 Å². The zero-order chi connectivity index (χ0) is 15.8. The van der Waals surface area contributed by atoms with Crippen LogP contribution < -0.4 is 10.5 Å². The molecule has 1 aromatic heterocycles. The summed E-state index contributed by atoms with van der Waals surface area (Å²) in [5, 5.41) is 8.02. The van der Waals surface area contributed by atoms with Crippen molar-refractivity contribution in [2.75, 3.05) is 0 Å². The van der Waals surface area contributed by atoms with Crippen LogP contribution in [0.15, 0.2) is 35.4 Å². The lowest BCUT2D eigenvalue weighted by atomic mass is 10.1. The van der Waals surface area contributed by atoms with Crippen LogP contribution in [-0.2, 0) is 10.0 Å². The maximum Gasteiger partial charge on any atom is 0.242 e. The normalized spacial score (nSPS) is 12.5. The number of hydrogen-bond donors (Lipinski definition) is 3. The van der Waals surface area contributed by atoms with Gasteiger partial charge in [-0.25, -0.2) is 8.42 Å². The lowest BCUT2D eigenvalue weighted by molar-refractivity contribution is 0.543. The van der Waals surface area contributed by atoms with Gasteiger partial charge in [0, 0.05) is 11.6 Å². The lowest BCUT2D eigenvalue weighted by Gasteiger charge is -2.24. The Morgan fingerprint density at radius 3 is 2.62 bits per heavy atom. The largest absolute Gasteiger partial charge is 0.386 e. The van der Waals surface area contributed by atoms with Crippen molar-refractivity contribution in [2.45, 2.75) is 31.2 Å². The highest BCUT2D eigenvalue weighted by Gasteiger charge is 2.30. The molecule has 0 amide bonds. The van der Waals surface area contributed by atoms with Crippen LogP contribution in [0.3, 0.4) is 0 Å². The molecule has 0 atom stereocenters. The monoisotopic (exact) mass is 306 g/mol. The van der Waals surface area contributed by atoms with Crippen molar-refractivity contribution in [3.8, 4) is 0 Å². The molecule has 112 valence electrons. The number of nitrogens with one attached hydrogen (secondary N) is 2. The van der Waals surface area contributed by atoms with E-state index in [-0.39, 0.29) is 10.7 Å². The molecule has 1 heterocycles. The SMILES string of the molecule is Cc1ccc(S(=O)(=O)NC(C)(C)C(=N)N)c2cccnc12. The third-order valence-corrected chi connectivity index (χ3v) is 5.00. The number of benzene rings is 1. The molecule has 21 heavy (non-hydrogen) atoms. The first kappa shape index (κ1) is 15.4. The van der Waals surface area contributed by atoms with Crippen molar-refractivity contribution < 1.29 is 8.42 Å². The number of fused-ring (bicyclic) bond motifs is 1. The second kappa shape index (κ2) is 5.09. The topological polar surface area (TPSA) is 109 Å². The van der Waals surface area contributed by atoms with Gasteiger partial charge in [0.05, 0.1) is 16.0 Å². The van der Waals surface area contributed by atoms with Gasteiger partial charge in [-0.05, 0) is 44.5 Å². The number of rotatable bonds is 4. The van der Waals surface area contributed by atoms with Crippen molar-refractivity contribution in [1.82, 2.24) is 9.71 Å². The van der Waals surface area contributed by atoms with E-state index in [2.05, 4.69) is 9.71 Å². The zero-order valence-corrected chi connectivity index (χ0v) is 13.0. The molecule has 0 unspecified atom stereocenters. The van der Waals surface area contributed by atoms with Crippen molar-refractivity contribution >= 4 is 26.8 Å². The molecular formula is C14H18N4O2S. The second-order valence-corrected chi connectivity index (χ2v) is 7.08. The van der Waals surface area contributed by atoms with E-state index in [1.807, 2.05) is 6.92 Å². The van der Waals surface area contributed by atoms with Crippen LogP contribution in [-0.4, -0.2) is 24.8 Å². The Kier molecular flexibility index (Phi) is 3.73. The molecule has 0 aliphatic heterocycles. The van der Waals surface area contributed by atoms with E-state index in [1.165, 1.54) is 6.07 Å². The van der Waals surface area contributed by atoms with Gasteiger partial charge in [0.15, 0.2) is 0 Å². The molecule has 4 N–H and O–H groups in total. The number of aromatic nitrogens is 1. The summed E-state index contributed by atoms with van der Waals surface area (Å²) >= 11 is 0. The lowest BCUT2D eigenvalue weighted by Crippen LogP contribution is -2.52. The van der Waals surface area contributed by atoms with Crippen LogP contribution in [0.4, 0.5) is 0 Å². The summed E-state index contributed by atoms with van der Waals surface area (Å²) < 4.78 is 27.6. The third kappa shape index (κ3) is 2.88. The summed E-state index contributed by atoms with van der Waals surface area (Å²) in [6.07, 6.45) is 1.62. The van der Waals surface area contributed by atoms with E-state index in [0.29, 0.717) is 10.9 Å². The van der Waals surface area contributed by atoms with E-state index in [9.17, 15) is 8.42 Å². The second-order valence-electron chi connectivity index (χ2n) is 5.42. The Morgan fingerprint density at radius 2 is 2.00 bits per heavy atom. The maximum atomic E-state index is 12.6. The number of aryl methyl sites for hydroxylation is 1. The number of pyridine rings is 1. The number of hydrogen-bond acceptors (Lipinski definition) is 4. The zero-order valence-electron chi connectivity index (χ0n) is 12.1. The quantitative estimate of drug-likeness (QED) is 0.588. The van der Waals surface area contributed by atoms with Gasteiger partial charge in [0.25, 0.3) is 0 Å². The molecule has 2 aromatic rings. The predicted octanol–water partition coefficient (Wildman–Crippen LogP) is 1.54. The molecule has 0 bridgehead atoms. The Hall–Kier alpha value is -1.99. The molecule has 0 saturated heterocycles. The molecule has 6 nitrogen and oxygen atoms in total. The summed E-state index contributed by atoms with van der Waals surface area (Å²) in [7, 11) is -3.82. The smallest absolute Gasteiger partial charge is 0.242 e. The van der Waals surface area contributed by atoms with E-state index >= 15 is 0 Å². The number of amidine groups is 1. The highest BCUT2D eigenvalue weighted by atomic mass is 32.2. The molecule has 0 aliphatic carbocycles. The van der Waals surface area contributed by atoms with Crippen LogP contribution in [0.25, 0.3) is 10.9 Å². The van der Waals surface area contributed by atoms with Crippen molar-refractivity contribution in [3.63, 3.8) is 0 Å². The summed E-state index contributed by atoms with van der Waals surface area (Å²) in [5.41, 5.74) is 5.82. The first-order chi connectivity index (χ1) is 9.65. The molecule has 0 saturated carbocycles. The van der Waals surface area contributed by atoms with Gasteiger partial charge in [-0.1, -0.05) is 6.07 Å². The Labute approximate surface area is 123 Å². The van der Waals surface area contributed by atoms with Gasteiger partial charge in [0.2, 0.25) is 10.0 Å². The van der Waals surface area contributed by atoms with Gasteiger partial charge in [-0.3, -0.25) is 10.4 Å². The van der Waals surface area contributed by atoms with Crippen LogP contribution in [0.1, 0.15) is 19.4 Å². The highest BCUT2D eigenvalue weighted by molar-refractivity contribution is 7.89. The van der Waals surface area contributed by atoms with E-state index in [0.717, 1.165) is 5.56 Å². The van der Waals surface area contributed by atoms with Crippen LogP contribution in [0, 0.1) is 12.3 Å². The van der Waals surface area contributed by atoms with Gasteiger partial charge in [0.1, 0.15) is 5.84 Å². The summed E-state index contributed by atoms with van der Waals surface area (Å²) in [5.74, 6) is -0.249. The molecule has 0 spiro atoms. The third-order valence-electron chi connectivity index (χ3n) is 3.28. The van der Waals surface area contributed by atoms with Crippen LogP contribution >= 0.6 is 0 Å². The van der Waals surface area contributed by atoms with E-state index < -0.39 is 15.6 Å². The molecule has 0 aliphatic rings. The summed E-state index contributed by atoms with van der Waals surface area (Å²) in [6, 6.07) is 6.66. The Morgan fingerprint density at radius 1 is 1.33 bits per heavy atom. The number of sulfonamides is 1. The minimum atomic E-state index is -3.82.